The Morgan fingerprint density at radius 3 is 1.45 bits per heavy atom. The van der Waals surface area contributed by atoms with Crippen LogP contribution in [0, 0.1) is 0 Å². The summed E-state index contributed by atoms with van der Waals surface area (Å²) in [5.41, 5.74) is 2.52. The summed E-state index contributed by atoms with van der Waals surface area (Å²) in [5, 5.41) is 0. The monoisotopic (exact) mass is 583 g/mol. The van der Waals surface area contributed by atoms with Crippen molar-refractivity contribution in [2.75, 3.05) is 40.6 Å². The number of hydrogen-bond donors (Lipinski definition) is 0. The summed E-state index contributed by atoms with van der Waals surface area (Å²) in [6, 6.07) is 16.8. The van der Waals surface area contributed by atoms with Gasteiger partial charge in [-0.2, -0.15) is 0 Å². The summed E-state index contributed by atoms with van der Waals surface area (Å²) in [7, 11) is 3.42. The van der Waals surface area contributed by atoms with Crippen LogP contribution in [0.2, 0.25) is 0 Å². The molecule has 0 bridgehead atoms. The number of nitrogens with zero attached hydrogens (tertiary/aromatic N) is 1. The molecule has 238 valence electrons. The van der Waals surface area contributed by atoms with Gasteiger partial charge in [0, 0.05) is 32.8 Å². The molecule has 5 nitrogen and oxygen atoms in total. The van der Waals surface area contributed by atoms with Crippen molar-refractivity contribution in [3.8, 4) is 11.5 Å². The zero-order chi connectivity index (χ0) is 30.1. The lowest BCUT2D eigenvalue weighted by molar-refractivity contribution is -0.0366. The highest BCUT2D eigenvalue weighted by Crippen LogP contribution is 2.18. The van der Waals surface area contributed by atoms with Crippen molar-refractivity contribution in [2.45, 2.75) is 123 Å². The van der Waals surface area contributed by atoms with Gasteiger partial charge in [-0.25, -0.2) is 0 Å². The number of hydrogen-bond acceptors (Lipinski definition) is 5. The molecule has 0 aliphatic rings. The molecule has 0 radical (unpaired) electrons. The van der Waals surface area contributed by atoms with Crippen molar-refractivity contribution in [1.29, 1.82) is 0 Å². The summed E-state index contributed by atoms with van der Waals surface area (Å²) in [6.07, 6.45) is 18.3. The van der Waals surface area contributed by atoms with E-state index in [1.807, 2.05) is 24.3 Å². The fourth-order valence-corrected chi connectivity index (χ4v) is 5.29. The van der Waals surface area contributed by atoms with Crippen molar-refractivity contribution >= 4 is 0 Å². The van der Waals surface area contributed by atoms with Gasteiger partial charge in [0.15, 0.2) is 0 Å². The van der Waals surface area contributed by atoms with Crippen molar-refractivity contribution in [3.63, 3.8) is 0 Å². The highest BCUT2D eigenvalue weighted by Gasteiger charge is 2.17. The van der Waals surface area contributed by atoms with Gasteiger partial charge in [0.25, 0.3) is 0 Å². The van der Waals surface area contributed by atoms with Gasteiger partial charge in [-0.1, -0.05) is 115 Å². The number of methoxy groups -OCH3 is 2. The molecule has 0 saturated carbocycles. The summed E-state index contributed by atoms with van der Waals surface area (Å²) in [5.74, 6) is 1.77. The van der Waals surface area contributed by atoms with Crippen molar-refractivity contribution in [2.24, 2.45) is 0 Å². The summed E-state index contributed by atoms with van der Waals surface area (Å²) >= 11 is 0. The Morgan fingerprint density at radius 1 is 0.548 bits per heavy atom. The lowest BCUT2D eigenvalue weighted by Gasteiger charge is -2.28. The molecule has 0 saturated heterocycles. The fourth-order valence-electron chi connectivity index (χ4n) is 5.29. The Balaban J connectivity index is 1.89. The standard InChI is InChI=1S/C37H61NO4/c1-5-7-9-11-12-13-14-15-16-17-27-41-32-37(42-28-18-10-8-6-2)31-38(29-33-19-23-35(39-3)24-20-33)30-34-21-25-36(40-4)26-22-34/h19-26,37H,5-18,27-32H2,1-4H3. The van der Waals surface area contributed by atoms with E-state index in [9.17, 15) is 0 Å². The lowest BCUT2D eigenvalue weighted by Crippen LogP contribution is -2.36. The maximum atomic E-state index is 6.46. The quantitative estimate of drug-likeness (QED) is 0.0979. The van der Waals surface area contributed by atoms with E-state index >= 15 is 0 Å². The van der Waals surface area contributed by atoms with E-state index in [4.69, 9.17) is 18.9 Å². The van der Waals surface area contributed by atoms with Gasteiger partial charge in [0.05, 0.1) is 26.9 Å². The van der Waals surface area contributed by atoms with Crippen LogP contribution in [0.4, 0.5) is 0 Å². The normalized spacial score (nSPS) is 12.1. The first-order chi connectivity index (χ1) is 20.7. The van der Waals surface area contributed by atoms with Crippen LogP contribution in [0.1, 0.15) is 115 Å². The zero-order valence-electron chi connectivity index (χ0n) is 27.4. The molecule has 0 heterocycles. The van der Waals surface area contributed by atoms with Crippen molar-refractivity contribution in [1.82, 2.24) is 4.90 Å². The molecular formula is C37H61NO4. The zero-order valence-corrected chi connectivity index (χ0v) is 27.4. The van der Waals surface area contributed by atoms with Crippen molar-refractivity contribution in [3.05, 3.63) is 59.7 Å². The molecule has 5 heteroatoms. The maximum absolute atomic E-state index is 6.46. The van der Waals surface area contributed by atoms with Gasteiger partial charge < -0.3 is 18.9 Å². The van der Waals surface area contributed by atoms with Gasteiger partial charge in [-0.15, -0.1) is 0 Å². The smallest absolute Gasteiger partial charge is 0.118 e. The summed E-state index contributed by atoms with van der Waals surface area (Å²) in [6.45, 7) is 9.30. The molecule has 0 amide bonds. The van der Waals surface area contributed by atoms with Gasteiger partial charge in [-0.05, 0) is 48.2 Å². The van der Waals surface area contributed by atoms with E-state index in [1.54, 1.807) is 14.2 Å². The van der Waals surface area contributed by atoms with E-state index in [0.29, 0.717) is 6.61 Å². The van der Waals surface area contributed by atoms with E-state index in [0.717, 1.165) is 57.2 Å². The Labute approximate surface area is 258 Å². The average Bonchev–Trinajstić information content (AvgIpc) is 3.02. The molecular weight excluding hydrogens is 522 g/mol. The predicted octanol–water partition coefficient (Wildman–Crippen LogP) is 9.61. The van der Waals surface area contributed by atoms with Crippen LogP contribution < -0.4 is 9.47 Å². The van der Waals surface area contributed by atoms with Gasteiger partial charge >= 0.3 is 0 Å². The number of benzene rings is 2. The average molecular weight is 584 g/mol. The van der Waals surface area contributed by atoms with Gasteiger partial charge in [0.1, 0.15) is 11.5 Å². The largest absolute Gasteiger partial charge is 0.497 e. The molecule has 2 aromatic carbocycles. The summed E-state index contributed by atoms with van der Waals surface area (Å²) < 4.78 is 23.4. The Hall–Kier alpha value is -2.08. The SMILES string of the molecule is CCCCCCCCCCCCOCC(CN(Cc1ccc(OC)cc1)Cc1ccc(OC)cc1)OCCCCCC. The van der Waals surface area contributed by atoms with E-state index in [2.05, 4.69) is 43.0 Å². The lowest BCUT2D eigenvalue weighted by atomic mass is 10.1. The molecule has 42 heavy (non-hydrogen) atoms. The third kappa shape index (κ3) is 17.1. The minimum atomic E-state index is 0.0474. The van der Waals surface area contributed by atoms with Crippen LogP contribution in [0.15, 0.2) is 48.5 Å². The molecule has 1 atom stereocenters. The topological polar surface area (TPSA) is 40.2 Å². The molecule has 0 fully saturated rings. The second-order valence-corrected chi connectivity index (χ2v) is 11.7. The first kappa shape index (κ1) is 36.1. The summed E-state index contributed by atoms with van der Waals surface area (Å²) in [4.78, 5) is 2.48. The minimum absolute atomic E-state index is 0.0474. The molecule has 0 spiro atoms. The Morgan fingerprint density at radius 2 is 0.976 bits per heavy atom. The van der Waals surface area contributed by atoms with E-state index in [1.165, 1.54) is 88.2 Å². The molecule has 1 unspecified atom stereocenters. The number of unbranched alkanes of at least 4 members (excludes halogenated alkanes) is 12. The van der Waals surface area contributed by atoms with Crippen LogP contribution in [0.5, 0.6) is 11.5 Å². The molecule has 2 aromatic rings. The fraction of sp³-hybridized carbons (Fsp3) is 0.676. The van der Waals surface area contributed by atoms with E-state index < -0.39 is 0 Å². The van der Waals surface area contributed by atoms with Crippen LogP contribution in [-0.2, 0) is 22.6 Å². The van der Waals surface area contributed by atoms with Gasteiger partial charge in [0.2, 0.25) is 0 Å². The third-order valence-electron chi connectivity index (χ3n) is 7.89. The highest BCUT2D eigenvalue weighted by atomic mass is 16.5. The van der Waals surface area contributed by atoms with Crippen LogP contribution in [-0.4, -0.2) is 51.6 Å². The van der Waals surface area contributed by atoms with Crippen LogP contribution >= 0.6 is 0 Å². The first-order valence-electron chi connectivity index (χ1n) is 16.9. The third-order valence-corrected chi connectivity index (χ3v) is 7.89. The number of ether oxygens (including phenoxy) is 4. The maximum Gasteiger partial charge on any atom is 0.118 e. The molecule has 0 aromatic heterocycles. The highest BCUT2D eigenvalue weighted by molar-refractivity contribution is 5.28. The molecule has 2 rings (SSSR count). The van der Waals surface area contributed by atoms with Crippen LogP contribution in [0.3, 0.4) is 0 Å². The Kier molecular flexibility index (Phi) is 21.0. The van der Waals surface area contributed by atoms with E-state index in [-0.39, 0.29) is 6.10 Å². The number of rotatable bonds is 27. The van der Waals surface area contributed by atoms with Crippen LogP contribution in [0.25, 0.3) is 0 Å². The van der Waals surface area contributed by atoms with Crippen molar-refractivity contribution < 1.29 is 18.9 Å². The second-order valence-electron chi connectivity index (χ2n) is 11.7. The molecule has 0 aliphatic carbocycles. The Bertz CT molecular complexity index is 821. The predicted molar refractivity (Wildman–Crippen MR) is 177 cm³/mol. The molecule has 0 N–H and O–H groups in total. The first-order valence-corrected chi connectivity index (χ1v) is 16.9. The molecule has 0 aliphatic heterocycles. The second kappa shape index (κ2) is 24.4. The minimum Gasteiger partial charge on any atom is -0.497 e. The van der Waals surface area contributed by atoms with Gasteiger partial charge in [-0.3, -0.25) is 4.90 Å².